The van der Waals surface area contributed by atoms with Gasteiger partial charge in [0.15, 0.2) is 0 Å². The van der Waals surface area contributed by atoms with Gasteiger partial charge in [-0.15, -0.1) is 0 Å². The maximum absolute atomic E-state index is 12.6. The van der Waals surface area contributed by atoms with E-state index in [4.69, 9.17) is 11.6 Å². The molecule has 0 saturated carbocycles. The Morgan fingerprint density at radius 3 is 2.12 bits per heavy atom. The Bertz CT molecular complexity index is 1360. The first-order valence-corrected chi connectivity index (χ1v) is 13.4. The number of amides is 1. The summed E-state index contributed by atoms with van der Waals surface area (Å²) in [6, 6.07) is 18.8. The van der Waals surface area contributed by atoms with Crippen LogP contribution in [0.15, 0.2) is 77.7 Å². The van der Waals surface area contributed by atoms with E-state index in [9.17, 15) is 21.6 Å². The molecule has 11 heteroatoms. The van der Waals surface area contributed by atoms with Gasteiger partial charge in [0.25, 0.3) is 10.0 Å². The highest BCUT2D eigenvalue weighted by atomic mass is 35.5. The maximum Gasteiger partial charge on any atom is 0.261 e. The second-order valence-corrected chi connectivity index (χ2v) is 11.2. The molecule has 0 aliphatic rings. The van der Waals surface area contributed by atoms with Gasteiger partial charge in [-0.2, -0.15) is 0 Å². The van der Waals surface area contributed by atoms with Crippen LogP contribution in [0, 0.1) is 6.92 Å². The minimum absolute atomic E-state index is 0.0108. The molecular formula is C22H22ClN3O5S2. The van der Waals surface area contributed by atoms with Gasteiger partial charge in [-0.05, 0) is 61.0 Å². The first-order valence-electron chi connectivity index (χ1n) is 9.68. The van der Waals surface area contributed by atoms with Crippen molar-refractivity contribution in [2.75, 3.05) is 27.1 Å². The summed E-state index contributed by atoms with van der Waals surface area (Å²) in [5.41, 5.74) is 1.56. The number of para-hydroxylation sites is 1. The Balaban J connectivity index is 1.74. The number of benzene rings is 3. The maximum atomic E-state index is 12.6. The van der Waals surface area contributed by atoms with E-state index < -0.39 is 32.5 Å². The summed E-state index contributed by atoms with van der Waals surface area (Å²) in [7, 11) is -7.58. The molecule has 3 aromatic carbocycles. The third-order valence-electron chi connectivity index (χ3n) is 4.67. The van der Waals surface area contributed by atoms with Gasteiger partial charge in [0.05, 0.1) is 16.8 Å². The molecule has 0 saturated heterocycles. The van der Waals surface area contributed by atoms with E-state index in [1.54, 1.807) is 55.5 Å². The molecule has 33 heavy (non-hydrogen) atoms. The molecule has 0 fully saturated rings. The van der Waals surface area contributed by atoms with Gasteiger partial charge in [0.1, 0.15) is 6.54 Å². The van der Waals surface area contributed by atoms with Crippen LogP contribution >= 0.6 is 11.6 Å². The second kappa shape index (κ2) is 9.82. The lowest BCUT2D eigenvalue weighted by atomic mass is 10.2. The van der Waals surface area contributed by atoms with Crippen molar-refractivity contribution in [3.05, 3.63) is 83.4 Å². The van der Waals surface area contributed by atoms with E-state index in [1.807, 2.05) is 0 Å². The predicted molar refractivity (Wildman–Crippen MR) is 131 cm³/mol. The number of sulfonamides is 2. The zero-order valence-electron chi connectivity index (χ0n) is 17.8. The summed E-state index contributed by atoms with van der Waals surface area (Å²) in [5, 5.41) is 2.96. The first kappa shape index (κ1) is 24.6. The van der Waals surface area contributed by atoms with Crippen molar-refractivity contribution in [1.82, 2.24) is 0 Å². The van der Waals surface area contributed by atoms with Gasteiger partial charge < -0.3 is 5.32 Å². The molecule has 0 unspecified atom stereocenters. The Hall–Kier alpha value is -3.08. The lowest BCUT2D eigenvalue weighted by Crippen LogP contribution is -2.37. The number of carbonyl (C=O) groups excluding carboxylic acids is 1. The summed E-state index contributed by atoms with van der Waals surface area (Å²) < 4.78 is 53.1. The first-order chi connectivity index (χ1) is 15.5. The fourth-order valence-electron chi connectivity index (χ4n) is 3.02. The molecule has 0 bridgehead atoms. The van der Waals surface area contributed by atoms with Crippen molar-refractivity contribution in [2.24, 2.45) is 0 Å². The number of hydrogen-bond donors (Lipinski definition) is 2. The summed E-state index contributed by atoms with van der Waals surface area (Å²) in [6.07, 6.45) is 1.00. The van der Waals surface area contributed by atoms with E-state index in [1.165, 1.54) is 24.3 Å². The SMILES string of the molecule is Cc1c(Cl)cccc1N(CC(=O)Nc1ccc(S(=O)(=O)Nc2ccccc2)cc1)S(C)(=O)=O. The number of nitrogens with one attached hydrogen (secondary N) is 2. The van der Waals surface area contributed by atoms with Crippen LogP contribution in [0.4, 0.5) is 17.1 Å². The summed E-state index contributed by atoms with van der Waals surface area (Å²) in [5.74, 6) is -0.599. The highest BCUT2D eigenvalue weighted by molar-refractivity contribution is 7.92. The molecular weight excluding hydrogens is 486 g/mol. The number of rotatable bonds is 8. The quantitative estimate of drug-likeness (QED) is 0.481. The van der Waals surface area contributed by atoms with Crippen molar-refractivity contribution in [2.45, 2.75) is 11.8 Å². The van der Waals surface area contributed by atoms with Crippen molar-refractivity contribution in [3.8, 4) is 0 Å². The minimum Gasteiger partial charge on any atom is -0.325 e. The van der Waals surface area contributed by atoms with E-state index in [0.717, 1.165) is 10.6 Å². The van der Waals surface area contributed by atoms with E-state index in [-0.39, 0.29) is 4.90 Å². The highest BCUT2D eigenvalue weighted by Gasteiger charge is 2.23. The van der Waals surface area contributed by atoms with Crippen LogP contribution in [0.5, 0.6) is 0 Å². The van der Waals surface area contributed by atoms with Crippen LogP contribution in [-0.4, -0.2) is 35.5 Å². The molecule has 2 N–H and O–H groups in total. The van der Waals surface area contributed by atoms with Gasteiger partial charge >= 0.3 is 0 Å². The molecule has 0 aromatic heterocycles. The fourth-order valence-corrected chi connectivity index (χ4v) is 5.15. The zero-order chi connectivity index (χ0) is 24.2. The third kappa shape index (κ3) is 6.25. The van der Waals surface area contributed by atoms with Crippen LogP contribution in [0.25, 0.3) is 0 Å². The van der Waals surface area contributed by atoms with Crippen LogP contribution in [0.1, 0.15) is 5.56 Å². The Labute approximate surface area is 198 Å². The molecule has 3 aromatic rings. The van der Waals surface area contributed by atoms with Gasteiger partial charge in [-0.25, -0.2) is 16.8 Å². The van der Waals surface area contributed by atoms with Crippen molar-refractivity contribution >= 4 is 54.6 Å². The standard InChI is InChI=1S/C22H22ClN3O5S2/c1-16-20(23)9-6-10-21(16)26(32(2,28)29)15-22(27)24-17-11-13-19(14-12-17)33(30,31)25-18-7-4-3-5-8-18/h3-14,25H,15H2,1-2H3,(H,24,27). The Morgan fingerprint density at radius 1 is 0.879 bits per heavy atom. The molecule has 0 aliphatic heterocycles. The summed E-state index contributed by atoms with van der Waals surface area (Å²) in [6.45, 7) is 1.19. The number of nitrogens with zero attached hydrogens (tertiary/aromatic N) is 1. The average molecular weight is 508 g/mol. The van der Waals surface area contributed by atoms with Gasteiger partial charge in [-0.3, -0.25) is 13.8 Å². The van der Waals surface area contributed by atoms with Crippen molar-refractivity contribution in [3.63, 3.8) is 0 Å². The second-order valence-electron chi connectivity index (χ2n) is 7.20. The summed E-state index contributed by atoms with van der Waals surface area (Å²) in [4.78, 5) is 12.6. The third-order valence-corrected chi connectivity index (χ3v) is 7.60. The Morgan fingerprint density at radius 2 is 1.52 bits per heavy atom. The highest BCUT2D eigenvalue weighted by Crippen LogP contribution is 2.28. The lowest BCUT2D eigenvalue weighted by molar-refractivity contribution is -0.114. The smallest absolute Gasteiger partial charge is 0.261 e. The van der Waals surface area contributed by atoms with Gasteiger partial charge in [0, 0.05) is 16.4 Å². The molecule has 0 aliphatic carbocycles. The van der Waals surface area contributed by atoms with Crippen LogP contribution in [-0.2, 0) is 24.8 Å². The number of hydrogen-bond acceptors (Lipinski definition) is 5. The van der Waals surface area contributed by atoms with Crippen molar-refractivity contribution < 1.29 is 21.6 Å². The molecule has 0 atom stereocenters. The fraction of sp³-hybridized carbons (Fsp3) is 0.136. The monoisotopic (exact) mass is 507 g/mol. The topological polar surface area (TPSA) is 113 Å². The summed E-state index contributed by atoms with van der Waals surface area (Å²) >= 11 is 6.10. The van der Waals surface area contributed by atoms with E-state index >= 15 is 0 Å². The van der Waals surface area contributed by atoms with Gasteiger partial charge in [0.2, 0.25) is 15.9 Å². The molecule has 3 rings (SSSR count). The number of carbonyl (C=O) groups is 1. The zero-order valence-corrected chi connectivity index (χ0v) is 20.2. The van der Waals surface area contributed by atoms with E-state index in [2.05, 4.69) is 10.0 Å². The molecule has 0 radical (unpaired) electrons. The number of anilines is 3. The molecule has 1 amide bonds. The number of halogens is 1. The molecule has 8 nitrogen and oxygen atoms in total. The largest absolute Gasteiger partial charge is 0.325 e. The Kier molecular flexibility index (Phi) is 7.31. The molecule has 174 valence electrons. The van der Waals surface area contributed by atoms with Crippen molar-refractivity contribution in [1.29, 1.82) is 0 Å². The van der Waals surface area contributed by atoms with Crippen LogP contribution in [0.3, 0.4) is 0 Å². The minimum atomic E-state index is -3.80. The average Bonchev–Trinajstić information content (AvgIpc) is 2.74. The lowest BCUT2D eigenvalue weighted by Gasteiger charge is -2.24. The normalized spacial score (nSPS) is 11.6. The van der Waals surface area contributed by atoms with Crippen LogP contribution in [0.2, 0.25) is 5.02 Å². The molecule has 0 spiro atoms. The molecule has 0 heterocycles. The predicted octanol–water partition coefficient (Wildman–Crippen LogP) is 3.85. The van der Waals surface area contributed by atoms with Gasteiger partial charge in [-0.1, -0.05) is 35.9 Å². The van der Waals surface area contributed by atoms with Crippen LogP contribution < -0.4 is 14.3 Å². The van der Waals surface area contributed by atoms with E-state index in [0.29, 0.717) is 27.6 Å².